The van der Waals surface area contributed by atoms with Gasteiger partial charge in [-0.2, -0.15) is 0 Å². The van der Waals surface area contributed by atoms with Crippen LogP contribution in [0.4, 0.5) is 0 Å². The van der Waals surface area contributed by atoms with Crippen LogP contribution in [0.3, 0.4) is 0 Å². The van der Waals surface area contributed by atoms with E-state index in [9.17, 15) is 0 Å². The number of hydrogen-bond acceptors (Lipinski definition) is 3. The highest BCUT2D eigenvalue weighted by Gasteiger charge is 2.23. The van der Waals surface area contributed by atoms with Crippen molar-refractivity contribution in [3.63, 3.8) is 0 Å². The van der Waals surface area contributed by atoms with Crippen molar-refractivity contribution in [3.8, 4) is 0 Å². The zero-order valence-electron chi connectivity index (χ0n) is 17.1. The Kier molecular flexibility index (Phi) is 12.2. The van der Waals surface area contributed by atoms with Gasteiger partial charge in [-0.05, 0) is 58.4 Å². The van der Waals surface area contributed by atoms with Crippen molar-refractivity contribution in [1.29, 1.82) is 0 Å². The van der Waals surface area contributed by atoms with Crippen molar-refractivity contribution < 1.29 is 9.47 Å². The standard InChI is InChI=1S/C20H43NO2/c1-9-18(13-14-23-20(7,11-3)12-4)17(6)22-15-16(5)19(10-2)21-8/h16-19,21H,9-15H2,1-8H3. The average Bonchev–Trinajstić information content (AvgIpc) is 2.57. The molecule has 0 aromatic rings. The molecule has 0 rings (SSSR count). The highest BCUT2D eigenvalue weighted by molar-refractivity contribution is 4.73. The van der Waals surface area contributed by atoms with Gasteiger partial charge in [0.25, 0.3) is 0 Å². The molecule has 0 saturated heterocycles. The van der Waals surface area contributed by atoms with Crippen molar-refractivity contribution >= 4 is 0 Å². The van der Waals surface area contributed by atoms with E-state index >= 15 is 0 Å². The first-order chi connectivity index (χ1) is 10.9. The minimum Gasteiger partial charge on any atom is -0.378 e. The summed E-state index contributed by atoms with van der Waals surface area (Å²) >= 11 is 0. The average molecular weight is 330 g/mol. The molecule has 3 heteroatoms. The topological polar surface area (TPSA) is 30.5 Å². The Morgan fingerprint density at radius 1 is 1.00 bits per heavy atom. The summed E-state index contributed by atoms with van der Waals surface area (Å²) in [7, 11) is 2.04. The first-order valence-electron chi connectivity index (χ1n) is 9.80. The predicted molar refractivity (Wildman–Crippen MR) is 101 cm³/mol. The fraction of sp³-hybridized carbons (Fsp3) is 1.00. The third-order valence-corrected chi connectivity index (χ3v) is 5.74. The Labute approximate surface area is 145 Å². The van der Waals surface area contributed by atoms with E-state index < -0.39 is 0 Å². The van der Waals surface area contributed by atoms with E-state index in [1.165, 1.54) is 0 Å². The highest BCUT2D eigenvalue weighted by atomic mass is 16.5. The van der Waals surface area contributed by atoms with E-state index in [4.69, 9.17) is 9.47 Å². The van der Waals surface area contributed by atoms with Crippen LogP contribution >= 0.6 is 0 Å². The van der Waals surface area contributed by atoms with Gasteiger partial charge in [0, 0.05) is 12.6 Å². The number of rotatable bonds is 14. The quantitative estimate of drug-likeness (QED) is 0.484. The van der Waals surface area contributed by atoms with Crippen LogP contribution in [-0.4, -0.2) is 38.0 Å². The van der Waals surface area contributed by atoms with Crippen LogP contribution < -0.4 is 5.32 Å². The van der Waals surface area contributed by atoms with Gasteiger partial charge in [0.15, 0.2) is 0 Å². The Balaban J connectivity index is 4.23. The molecule has 0 saturated carbocycles. The molecule has 4 unspecified atom stereocenters. The van der Waals surface area contributed by atoms with Gasteiger partial charge in [-0.15, -0.1) is 0 Å². The summed E-state index contributed by atoms with van der Waals surface area (Å²) in [5.74, 6) is 1.12. The van der Waals surface area contributed by atoms with Crippen molar-refractivity contribution in [2.24, 2.45) is 11.8 Å². The highest BCUT2D eigenvalue weighted by Crippen LogP contribution is 2.23. The zero-order chi connectivity index (χ0) is 17.9. The van der Waals surface area contributed by atoms with Gasteiger partial charge in [0.05, 0.1) is 18.3 Å². The van der Waals surface area contributed by atoms with Gasteiger partial charge in [0.2, 0.25) is 0 Å². The SMILES string of the molecule is CCC(CCOC(C)(CC)CC)C(C)OCC(C)C(CC)NC. The third-order valence-electron chi connectivity index (χ3n) is 5.74. The molecule has 140 valence electrons. The molecule has 1 N–H and O–H groups in total. The van der Waals surface area contributed by atoms with Gasteiger partial charge >= 0.3 is 0 Å². The summed E-state index contributed by atoms with van der Waals surface area (Å²) < 4.78 is 12.3. The molecule has 0 aromatic heterocycles. The van der Waals surface area contributed by atoms with Crippen LogP contribution in [0.25, 0.3) is 0 Å². The van der Waals surface area contributed by atoms with Crippen LogP contribution in [0.2, 0.25) is 0 Å². The lowest BCUT2D eigenvalue weighted by atomic mass is 9.95. The maximum atomic E-state index is 6.18. The molecule has 0 amide bonds. The summed E-state index contributed by atoms with van der Waals surface area (Å²) in [5, 5.41) is 3.38. The molecule has 0 aliphatic heterocycles. The molecule has 0 aliphatic rings. The van der Waals surface area contributed by atoms with Crippen molar-refractivity contribution in [3.05, 3.63) is 0 Å². The zero-order valence-corrected chi connectivity index (χ0v) is 17.1. The van der Waals surface area contributed by atoms with E-state index in [0.717, 1.165) is 45.3 Å². The van der Waals surface area contributed by atoms with Crippen LogP contribution in [0, 0.1) is 11.8 Å². The van der Waals surface area contributed by atoms with Gasteiger partial charge in [-0.3, -0.25) is 0 Å². The van der Waals surface area contributed by atoms with Crippen molar-refractivity contribution in [2.45, 2.75) is 98.3 Å². The van der Waals surface area contributed by atoms with Crippen LogP contribution in [0.1, 0.15) is 80.6 Å². The Morgan fingerprint density at radius 3 is 2.04 bits per heavy atom. The fourth-order valence-electron chi connectivity index (χ4n) is 3.13. The second-order valence-electron chi connectivity index (χ2n) is 7.28. The van der Waals surface area contributed by atoms with E-state index in [1.54, 1.807) is 0 Å². The van der Waals surface area contributed by atoms with E-state index in [-0.39, 0.29) is 5.60 Å². The lowest BCUT2D eigenvalue weighted by molar-refractivity contribution is -0.0566. The number of hydrogen-bond donors (Lipinski definition) is 1. The lowest BCUT2D eigenvalue weighted by Crippen LogP contribution is -2.35. The molecule has 0 aromatic carbocycles. The minimum atomic E-state index is 0.0397. The maximum absolute atomic E-state index is 6.18. The fourth-order valence-corrected chi connectivity index (χ4v) is 3.13. The van der Waals surface area contributed by atoms with Crippen LogP contribution in [0.15, 0.2) is 0 Å². The molecule has 0 spiro atoms. The Bertz CT molecular complexity index is 275. The summed E-state index contributed by atoms with van der Waals surface area (Å²) in [4.78, 5) is 0. The molecule has 0 heterocycles. The molecule has 23 heavy (non-hydrogen) atoms. The Morgan fingerprint density at radius 2 is 1.61 bits per heavy atom. The third kappa shape index (κ3) is 8.51. The van der Waals surface area contributed by atoms with Crippen molar-refractivity contribution in [1.82, 2.24) is 5.32 Å². The number of ether oxygens (including phenoxy) is 2. The molecule has 0 fully saturated rings. The summed E-state index contributed by atoms with van der Waals surface area (Å²) in [6.45, 7) is 17.3. The smallest absolute Gasteiger partial charge is 0.0649 e. The minimum absolute atomic E-state index is 0.0397. The first kappa shape index (κ1) is 22.9. The summed E-state index contributed by atoms with van der Waals surface area (Å²) in [6, 6.07) is 0.542. The van der Waals surface area contributed by atoms with Crippen LogP contribution in [-0.2, 0) is 9.47 Å². The molecule has 4 atom stereocenters. The second-order valence-corrected chi connectivity index (χ2v) is 7.28. The summed E-state index contributed by atoms with van der Waals surface area (Å²) in [5.41, 5.74) is 0.0397. The second kappa shape index (κ2) is 12.3. The molecular weight excluding hydrogens is 286 g/mol. The first-order valence-corrected chi connectivity index (χ1v) is 9.80. The maximum Gasteiger partial charge on any atom is 0.0649 e. The predicted octanol–water partition coefficient (Wildman–Crippen LogP) is 5.04. The van der Waals surface area contributed by atoms with Gasteiger partial charge in [-0.25, -0.2) is 0 Å². The number of nitrogens with one attached hydrogen (secondary N) is 1. The molecule has 0 bridgehead atoms. The Hall–Kier alpha value is -0.120. The summed E-state index contributed by atoms with van der Waals surface area (Å²) in [6.07, 6.45) is 5.84. The molecular formula is C20H43NO2. The van der Waals surface area contributed by atoms with Gasteiger partial charge in [-0.1, -0.05) is 41.0 Å². The monoisotopic (exact) mass is 329 g/mol. The van der Waals surface area contributed by atoms with Crippen molar-refractivity contribution in [2.75, 3.05) is 20.3 Å². The molecule has 0 aliphatic carbocycles. The van der Waals surface area contributed by atoms with Gasteiger partial charge in [0.1, 0.15) is 0 Å². The van der Waals surface area contributed by atoms with Crippen LogP contribution in [0.5, 0.6) is 0 Å². The normalized spacial score (nSPS) is 17.7. The molecule has 3 nitrogen and oxygen atoms in total. The lowest BCUT2D eigenvalue weighted by Gasteiger charge is -2.30. The van der Waals surface area contributed by atoms with E-state index in [2.05, 4.69) is 53.8 Å². The molecule has 0 radical (unpaired) electrons. The van der Waals surface area contributed by atoms with E-state index in [0.29, 0.717) is 24.0 Å². The largest absolute Gasteiger partial charge is 0.378 e. The van der Waals surface area contributed by atoms with Gasteiger partial charge < -0.3 is 14.8 Å². The van der Waals surface area contributed by atoms with E-state index in [1.807, 2.05) is 7.05 Å².